The van der Waals surface area contributed by atoms with E-state index >= 15 is 0 Å². The number of nitrogens with zero attached hydrogens (tertiary/aromatic N) is 3. The van der Waals surface area contributed by atoms with E-state index in [1.165, 1.54) is 4.52 Å². The molecule has 0 aliphatic heterocycles. The first-order valence-electron chi connectivity index (χ1n) is 4.30. The molecule has 2 N–H and O–H groups in total. The Hall–Kier alpha value is -2.18. The summed E-state index contributed by atoms with van der Waals surface area (Å²) < 4.78 is 1.18. The van der Waals surface area contributed by atoms with Gasteiger partial charge in [-0.3, -0.25) is 9.89 Å². The summed E-state index contributed by atoms with van der Waals surface area (Å²) in [4.78, 5) is 29.0. The molecule has 2 heterocycles. The number of hydrogen-bond acceptors (Lipinski definition) is 4. The predicted octanol–water partition coefficient (Wildman–Crippen LogP) is -0.565. The van der Waals surface area contributed by atoms with E-state index in [1.807, 2.05) is 0 Å². The molecule has 0 amide bonds. The second-order valence-corrected chi connectivity index (χ2v) is 3.01. The zero-order valence-corrected chi connectivity index (χ0v) is 7.67. The number of rotatable bonds is 3. The van der Waals surface area contributed by atoms with Crippen molar-refractivity contribution in [1.29, 1.82) is 0 Å². The summed E-state index contributed by atoms with van der Waals surface area (Å²) in [6.45, 7) is 0. The van der Waals surface area contributed by atoms with Crippen LogP contribution in [0.15, 0.2) is 17.3 Å². The fourth-order valence-corrected chi connectivity index (χ4v) is 1.31. The van der Waals surface area contributed by atoms with Crippen molar-refractivity contribution in [2.24, 2.45) is 0 Å². The van der Waals surface area contributed by atoms with Crippen LogP contribution in [0, 0.1) is 0 Å². The molecule has 0 saturated carbocycles. The van der Waals surface area contributed by atoms with Gasteiger partial charge in [-0.2, -0.15) is 9.50 Å². The molecule has 0 saturated heterocycles. The lowest BCUT2D eigenvalue weighted by molar-refractivity contribution is -0.136. The number of aryl methyl sites for hydroxylation is 1. The van der Waals surface area contributed by atoms with E-state index in [2.05, 4.69) is 15.1 Å². The highest BCUT2D eigenvalue weighted by atomic mass is 16.4. The Morgan fingerprint density at radius 2 is 2.33 bits per heavy atom. The van der Waals surface area contributed by atoms with Crippen LogP contribution in [0.1, 0.15) is 12.0 Å². The monoisotopic (exact) mass is 208 g/mol. The lowest BCUT2D eigenvalue weighted by Crippen LogP contribution is -2.17. The highest BCUT2D eigenvalue weighted by molar-refractivity contribution is 5.67. The van der Waals surface area contributed by atoms with Gasteiger partial charge in [-0.05, 0) is 6.42 Å². The first-order chi connectivity index (χ1) is 7.18. The molecule has 0 aliphatic rings. The molecule has 0 bridgehead atoms. The van der Waals surface area contributed by atoms with Crippen molar-refractivity contribution >= 4 is 11.6 Å². The lowest BCUT2D eigenvalue weighted by atomic mass is 10.2. The Morgan fingerprint density at radius 3 is 3.07 bits per heavy atom. The maximum Gasteiger partial charge on any atom is 0.369 e. The van der Waals surface area contributed by atoms with Crippen molar-refractivity contribution in [2.45, 2.75) is 12.8 Å². The smallest absolute Gasteiger partial charge is 0.369 e. The minimum atomic E-state index is -0.884. The van der Waals surface area contributed by atoms with Crippen molar-refractivity contribution in [1.82, 2.24) is 19.6 Å². The summed E-state index contributed by atoms with van der Waals surface area (Å²) in [6.07, 6.45) is 3.06. The van der Waals surface area contributed by atoms with Crippen molar-refractivity contribution in [3.63, 3.8) is 0 Å². The highest BCUT2D eigenvalue weighted by Gasteiger charge is 2.07. The number of fused-ring (bicyclic) bond motifs is 1. The molecule has 7 nitrogen and oxygen atoms in total. The van der Waals surface area contributed by atoms with Crippen molar-refractivity contribution in [3.05, 3.63) is 28.6 Å². The number of carboxylic acid groups (broad SMARTS) is 1. The Morgan fingerprint density at radius 1 is 1.53 bits per heavy atom. The number of nitrogens with one attached hydrogen (secondary N) is 1. The zero-order chi connectivity index (χ0) is 10.8. The van der Waals surface area contributed by atoms with E-state index in [-0.39, 0.29) is 6.42 Å². The summed E-state index contributed by atoms with van der Waals surface area (Å²) in [5.41, 5.74) is 0.662. The third-order valence-corrected chi connectivity index (χ3v) is 2.01. The standard InChI is InChI=1S/C8H8N4O3/c13-6(14)2-1-5-3-11-12-7(5)9-4-10-8(12)15/h3-4,11H,1-2H2,(H,13,14). The number of aromatic amines is 1. The summed E-state index contributed by atoms with van der Waals surface area (Å²) in [5, 5.41) is 11.2. The molecule has 0 fully saturated rings. The molecule has 2 aromatic rings. The first kappa shape index (κ1) is 9.38. The number of H-pyrrole nitrogens is 1. The van der Waals surface area contributed by atoms with Gasteiger partial charge < -0.3 is 5.11 Å². The number of aliphatic carboxylic acids is 1. The number of carboxylic acids is 1. The van der Waals surface area contributed by atoms with E-state index in [0.29, 0.717) is 17.6 Å². The quantitative estimate of drug-likeness (QED) is 0.703. The van der Waals surface area contributed by atoms with E-state index in [1.54, 1.807) is 6.20 Å². The van der Waals surface area contributed by atoms with Crippen molar-refractivity contribution < 1.29 is 9.90 Å². The van der Waals surface area contributed by atoms with E-state index in [0.717, 1.165) is 6.33 Å². The van der Waals surface area contributed by atoms with Gasteiger partial charge in [0.2, 0.25) is 0 Å². The van der Waals surface area contributed by atoms with Gasteiger partial charge in [0, 0.05) is 18.2 Å². The minimum Gasteiger partial charge on any atom is -0.481 e. The average Bonchev–Trinajstić information content (AvgIpc) is 2.59. The predicted molar refractivity (Wildman–Crippen MR) is 49.6 cm³/mol. The van der Waals surface area contributed by atoms with Crippen LogP contribution < -0.4 is 5.69 Å². The molecule has 0 aliphatic carbocycles. The van der Waals surface area contributed by atoms with E-state index in [9.17, 15) is 9.59 Å². The largest absolute Gasteiger partial charge is 0.481 e. The van der Waals surface area contributed by atoms with Crippen LogP contribution in [0.2, 0.25) is 0 Å². The van der Waals surface area contributed by atoms with Crippen LogP contribution in [0.25, 0.3) is 5.65 Å². The SMILES string of the molecule is O=C(O)CCc1c[nH]n2c(=O)ncnc12. The molecule has 2 rings (SSSR count). The molecule has 0 unspecified atom stereocenters. The maximum absolute atomic E-state index is 11.2. The second kappa shape index (κ2) is 3.52. The van der Waals surface area contributed by atoms with E-state index in [4.69, 9.17) is 5.11 Å². The van der Waals surface area contributed by atoms with Gasteiger partial charge in [0.1, 0.15) is 6.33 Å². The highest BCUT2D eigenvalue weighted by Crippen LogP contribution is 2.07. The van der Waals surface area contributed by atoms with Crippen LogP contribution in [0.3, 0.4) is 0 Å². The molecular weight excluding hydrogens is 200 g/mol. The average molecular weight is 208 g/mol. The molecule has 0 radical (unpaired) electrons. The van der Waals surface area contributed by atoms with Gasteiger partial charge in [0.05, 0.1) is 0 Å². The number of aromatic nitrogens is 4. The summed E-state index contributed by atoms with van der Waals surface area (Å²) in [5.74, 6) is -0.884. The van der Waals surface area contributed by atoms with Crippen molar-refractivity contribution in [2.75, 3.05) is 0 Å². The van der Waals surface area contributed by atoms with Crippen LogP contribution in [-0.2, 0) is 11.2 Å². The van der Waals surface area contributed by atoms with Gasteiger partial charge >= 0.3 is 11.7 Å². The minimum absolute atomic E-state index is 0.00566. The topological polar surface area (TPSA) is 100 Å². The fraction of sp³-hybridized carbons (Fsp3) is 0.250. The molecule has 78 valence electrons. The molecule has 2 aromatic heterocycles. The molecular formula is C8H8N4O3. The van der Waals surface area contributed by atoms with Gasteiger partial charge in [0.15, 0.2) is 5.65 Å². The Labute approximate surface area is 83.4 Å². The summed E-state index contributed by atoms with van der Waals surface area (Å²) in [7, 11) is 0. The fourth-order valence-electron chi connectivity index (χ4n) is 1.31. The van der Waals surface area contributed by atoms with Gasteiger partial charge in [-0.15, -0.1) is 0 Å². The van der Waals surface area contributed by atoms with Crippen LogP contribution in [0.4, 0.5) is 0 Å². The number of hydrogen-bond donors (Lipinski definition) is 2. The first-order valence-corrected chi connectivity index (χ1v) is 4.30. The van der Waals surface area contributed by atoms with Crippen molar-refractivity contribution in [3.8, 4) is 0 Å². The van der Waals surface area contributed by atoms with Crippen LogP contribution in [-0.4, -0.2) is 30.7 Å². The normalized spacial score (nSPS) is 10.7. The number of carbonyl (C=O) groups is 1. The maximum atomic E-state index is 11.2. The summed E-state index contributed by atoms with van der Waals surface area (Å²) in [6, 6.07) is 0. The van der Waals surface area contributed by atoms with Crippen LogP contribution >= 0.6 is 0 Å². The molecule has 0 aromatic carbocycles. The van der Waals surface area contributed by atoms with Gasteiger partial charge in [-0.25, -0.2) is 9.78 Å². The second-order valence-electron chi connectivity index (χ2n) is 3.01. The lowest BCUT2D eigenvalue weighted by Gasteiger charge is -1.94. The van der Waals surface area contributed by atoms with Gasteiger partial charge in [-0.1, -0.05) is 0 Å². The third kappa shape index (κ3) is 1.71. The Kier molecular flexibility index (Phi) is 2.20. The molecule has 0 spiro atoms. The van der Waals surface area contributed by atoms with Gasteiger partial charge in [0.25, 0.3) is 0 Å². The molecule has 0 atom stereocenters. The van der Waals surface area contributed by atoms with E-state index < -0.39 is 11.7 Å². The Balaban J connectivity index is 2.41. The molecule has 7 heteroatoms. The Bertz CT molecular complexity index is 556. The summed E-state index contributed by atoms with van der Waals surface area (Å²) >= 11 is 0. The molecule has 15 heavy (non-hydrogen) atoms. The third-order valence-electron chi connectivity index (χ3n) is 2.01. The zero-order valence-electron chi connectivity index (χ0n) is 7.67. The van der Waals surface area contributed by atoms with Crippen LogP contribution in [0.5, 0.6) is 0 Å².